The maximum absolute atomic E-state index is 12.9. The highest BCUT2D eigenvalue weighted by atomic mass is 19.3. The minimum Gasteiger partial charge on any atom is -0.497 e. The highest BCUT2D eigenvalue weighted by Crippen LogP contribution is 2.24. The quantitative estimate of drug-likeness (QED) is 0.502. The van der Waals surface area contributed by atoms with Crippen molar-refractivity contribution in [1.82, 2.24) is 25.1 Å². The fraction of sp³-hybridized carbons (Fsp3) is 0.500. The summed E-state index contributed by atoms with van der Waals surface area (Å²) in [6.07, 6.45) is 3.58. The van der Waals surface area contributed by atoms with Gasteiger partial charge in [-0.3, -0.25) is 14.5 Å². The summed E-state index contributed by atoms with van der Waals surface area (Å²) in [6.45, 7) is 0.106. The SMILES string of the molecule is CN=C(NCc1nccn1C(F)F)NC1CCN(Cc2cc(OC)cc(OC)c2)C1. The van der Waals surface area contributed by atoms with Crippen LogP contribution in [0.15, 0.2) is 35.6 Å². The fourth-order valence-corrected chi connectivity index (χ4v) is 3.52. The van der Waals surface area contributed by atoms with E-state index in [9.17, 15) is 8.78 Å². The van der Waals surface area contributed by atoms with Crippen molar-refractivity contribution < 1.29 is 18.3 Å². The lowest BCUT2D eigenvalue weighted by atomic mass is 10.2. The van der Waals surface area contributed by atoms with Crippen LogP contribution in [0.3, 0.4) is 0 Å². The van der Waals surface area contributed by atoms with Gasteiger partial charge in [0.25, 0.3) is 0 Å². The summed E-state index contributed by atoms with van der Waals surface area (Å²) in [7, 11) is 4.94. The third-order valence-electron chi connectivity index (χ3n) is 5.03. The molecule has 10 heteroatoms. The molecule has 0 spiro atoms. The van der Waals surface area contributed by atoms with Gasteiger partial charge >= 0.3 is 6.55 Å². The molecule has 8 nitrogen and oxygen atoms in total. The van der Waals surface area contributed by atoms with Gasteiger partial charge in [-0.05, 0) is 24.1 Å². The van der Waals surface area contributed by atoms with Gasteiger partial charge in [0.05, 0.1) is 20.8 Å². The van der Waals surface area contributed by atoms with Crippen molar-refractivity contribution in [3.8, 4) is 11.5 Å². The van der Waals surface area contributed by atoms with Gasteiger partial charge in [-0.25, -0.2) is 4.98 Å². The molecular formula is C20H28F2N6O2. The van der Waals surface area contributed by atoms with Crippen molar-refractivity contribution in [2.24, 2.45) is 4.99 Å². The van der Waals surface area contributed by atoms with Crippen LogP contribution >= 0.6 is 0 Å². The number of hydrogen-bond donors (Lipinski definition) is 2. The predicted molar refractivity (Wildman–Crippen MR) is 110 cm³/mol. The highest BCUT2D eigenvalue weighted by Gasteiger charge is 2.23. The van der Waals surface area contributed by atoms with Crippen LogP contribution in [0.2, 0.25) is 0 Å². The molecule has 1 aliphatic heterocycles. The molecule has 1 fully saturated rings. The Morgan fingerprint density at radius 2 is 2.00 bits per heavy atom. The van der Waals surface area contributed by atoms with Crippen LogP contribution in [0.4, 0.5) is 8.78 Å². The van der Waals surface area contributed by atoms with E-state index in [1.165, 1.54) is 12.4 Å². The van der Waals surface area contributed by atoms with Crippen LogP contribution in [0.1, 0.15) is 24.4 Å². The smallest absolute Gasteiger partial charge is 0.319 e. The Balaban J connectivity index is 1.51. The van der Waals surface area contributed by atoms with E-state index in [0.717, 1.165) is 47.7 Å². The van der Waals surface area contributed by atoms with Crippen molar-refractivity contribution in [3.05, 3.63) is 42.0 Å². The summed E-state index contributed by atoms with van der Waals surface area (Å²) in [6, 6.07) is 6.08. The first kappa shape index (κ1) is 21.8. The molecule has 2 heterocycles. The lowest BCUT2D eigenvalue weighted by molar-refractivity contribution is 0.0668. The van der Waals surface area contributed by atoms with Crippen LogP contribution in [0.25, 0.3) is 0 Å². The van der Waals surface area contributed by atoms with Crippen LogP contribution < -0.4 is 20.1 Å². The molecule has 1 aromatic heterocycles. The number of aliphatic imine (C=N–C) groups is 1. The molecule has 2 N–H and O–H groups in total. The third-order valence-corrected chi connectivity index (χ3v) is 5.03. The van der Waals surface area contributed by atoms with Gasteiger partial charge in [0, 0.05) is 51.2 Å². The minimum absolute atomic E-state index is 0.164. The number of benzene rings is 1. The van der Waals surface area contributed by atoms with E-state index in [0.29, 0.717) is 5.96 Å². The third kappa shape index (κ3) is 5.59. The molecule has 30 heavy (non-hydrogen) atoms. The monoisotopic (exact) mass is 422 g/mol. The van der Waals surface area contributed by atoms with Crippen molar-refractivity contribution in [1.29, 1.82) is 0 Å². The molecular weight excluding hydrogens is 394 g/mol. The van der Waals surface area contributed by atoms with Crippen molar-refractivity contribution in [2.45, 2.75) is 32.1 Å². The summed E-state index contributed by atoms with van der Waals surface area (Å²) in [5, 5.41) is 6.42. The van der Waals surface area contributed by atoms with Crippen LogP contribution in [-0.4, -0.2) is 60.8 Å². The molecule has 0 aliphatic carbocycles. The van der Waals surface area contributed by atoms with Crippen molar-refractivity contribution in [3.63, 3.8) is 0 Å². The van der Waals surface area contributed by atoms with Gasteiger partial charge in [-0.15, -0.1) is 0 Å². The lowest BCUT2D eigenvalue weighted by Crippen LogP contribution is -2.44. The molecule has 0 saturated carbocycles. The van der Waals surface area contributed by atoms with Crippen LogP contribution in [-0.2, 0) is 13.1 Å². The maximum Gasteiger partial charge on any atom is 0.319 e. The Morgan fingerprint density at radius 3 is 2.63 bits per heavy atom. The standard InChI is InChI=1S/C20H28F2N6O2/c1-23-20(25-11-18-24-5-7-28(18)19(21)22)26-15-4-6-27(13-15)12-14-8-16(29-2)10-17(9-14)30-3/h5,7-10,15,19H,4,6,11-13H2,1-3H3,(H2,23,25,26). The summed E-state index contributed by atoms with van der Waals surface area (Å²) in [5.74, 6) is 2.36. The Labute approximate surface area is 174 Å². The Hall–Kier alpha value is -2.88. The van der Waals surface area contributed by atoms with Crippen LogP contribution in [0, 0.1) is 0 Å². The second-order valence-electron chi connectivity index (χ2n) is 7.04. The number of methoxy groups -OCH3 is 2. The lowest BCUT2D eigenvalue weighted by Gasteiger charge is -2.19. The summed E-state index contributed by atoms with van der Waals surface area (Å²) in [5.41, 5.74) is 1.12. The Kier molecular flexibility index (Phi) is 7.45. The summed E-state index contributed by atoms with van der Waals surface area (Å²) < 4.78 is 37.4. The predicted octanol–water partition coefficient (Wildman–Crippen LogP) is 2.23. The number of alkyl halides is 2. The molecule has 0 radical (unpaired) electrons. The number of guanidine groups is 1. The minimum atomic E-state index is -2.61. The van der Waals surface area contributed by atoms with Gasteiger partial charge in [0.2, 0.25) is 0 Å². The zero-order chi connectivity index (χ0) is 21.5. The molecule has 1 unspecified atom stereocenters. The summed E-state index contributed by atoms with van der Waals surface area (Å²) >= 11 is 0. The fourth-order valence-electron chi connectivity index (χ4n) is 3.52. The zero-order valence-corrected chi connectivity index (χ0v) is 17.4. The molecule has 0 bridgehead atoms. The van der Waals surface area contributed by atoms with Gasteiger partial charge in [0.1, 0.15) is 17.3 Å². The van der Waals surface area contributed by atoms with Gasteiger partial charge in [-0.1, -0.05) is 0 Å². The molecule has 0 amide bonds. The van der Waals surface area contributed by atoms with Gasteiger partial charge in [-0.2, -0.15) is 8.78 Å². The average Bonchev–Trinajstić information content (AvgIpc) is 3.40. The normalized spacial score (nSPS) is 17.4. The average molecular weight is 422 g/mol. The van der Waals surface area contributed by atoms with E-state index >= 15 is 0 Å². The number of imidazole rings is 1. The number of nitrogens with one attached hydrogen (secondary N) is 2. The van der Waals surface area contributed by atoms with Crippen molar-refractivity contribution >= 4 is 5.96 Å². The van der Waals surface area contributed by atoms with E-state index in [1.54, 1.807) is 21.3 Å². The highest BCUT2D eigenvalue weighted by molar-refractivity contribution is 5.79. The molecule has 1 atom stereocenters. The van der Waals surface area contributed by atoms with Gasteiger partial charge in [0.15, 0.2) is 5.96 Å². The second kappa shape index (κ2) is 10.2. The van der Waals surface area contributed by atoms with Crippen LogP contribution in [0.5, 0.6) is 11.5 Å². The molecule has 2 aromatic rings. The molecule has 1 aromatic carbocycles. The van der Waals surface area contributed by atoms with Crippen molar-refractivity contribution in [2.75, 3.05) is 34.4 Å². The first-order chi connectivity index (χ1) is 14.5. The first-order valence-electron chi connectivity index (χ1n) is 9.73. The number of aromatic nitrogens is 2. The first-order valence-corrected chi connectivity index (χ1v) is 9.73. The Bertz CT molecular complexity index is 835. The maximum atomic E-state index is 12.9. The summed E-state index contributed by atoms with van der Waals surface area (Å²) in [4.78, 5) is 10.5. The molecule has 3 rings (SSSR count). The number of halogens is 2. The number of rotatable bonds is 8. The van der Waals surface area contributed by atoms with E-state index in [4.69, 9.17) is 9.47 Å². The number of likely N-dealkylation sites (tertiary alicyclic amines) is 1. The Morgan fingerprint density at radius 1 is 1.27 bits per heavy atom. The van der Waals surface area contributed by atoms with E-state index < -0.39 is 6.55 Å². The van der Waals surface area contributed by atoms with E-state index in [-0.39, 0.29) is 18.4 Å². The number of ether oxygens (including phenoxy) is 2. The molecule has 1 saturated heterocycles. The molecule has 1 aliphatic rings. The second-order valence-corrected chi connectivity index (χ2v) is 7.04. The largest absolute Gasteiger partial charge is 0.497 e. The topological polar surface area (TPSA) is 75.9 Å². The molecule has 164 valence electrons. The number of hydrogen-bond acceptors (Lipinski definition) is 5. The number of nitrogens with zero attached hydrogens (tertiary/aromatic N) is 4. The van der Waals surface area contributed by atoms with E-state index in [1.807, 2.05) is 18.2 Å². The zero-order valence-electron chi connectivity index (χ0n) is 17.4. The van der Waals surface area contributed by atoms with E-state index in [2.05, 4.69) is 25.5 Å². The van der Waals surface area contributed by atoms with Gasteiger partial charge < -0.3 is 20.1 Å².